The molecule has 3 aromatic carbocycles. The quantitative estimate of drug-likeness (QED) is 0.119. The van der Waals surface area contributed by atoms with Crippen molar-refractivity contribution in [1.29, 1.82) is 0 Å². The van der Waals surface area contributed by atoms with Crippen molar-refractivity contribution in [3.63, 3.8) is 0 Å². The molecule has 0 bridgehead atoms. The van der Waals surface area contributed by atoms with Gasteiger partial charge in [0, 0.05) is 46.7 Å². The number of carboxylic acid groups (broad SMARTS) is 1. The zero-order valence-corrected chi connectivity index (χ0v) is 28.1. The van der Waals surface area contributed by atoms with Crippen molar-refractivity contribution in [2.75, 3.05) is 23.5 Å². The number of rotatable bonds is 14. The Hall–Kier alpha value is -3.27. The van der Waals surface area contributed by atoms with Crippen LogP contribution in [0, 0.1) is 5.41 Å². The molecule has 0 spiro atoms. The lowest BCUT2D eigenvalue weighted by Gasteiger charge is -2.37. The van der Waals surface area contributed by atoms with Crippen LogP contribution in [0.1, 0.15) is 63.6 Å². The number of carbonyl (C=O) groups is 1. The number of anilines is 2. The Balaban J connectivity index is 1.52. The van der Waals surface area contributed by atoms with Crippen LogP contribution in [0.4, 0.5) is 11.4 Å². The van der Waals surface area contributed by atoms with Gasteiger partial charge in [0.2, 0.25) is 0 Å². The number of unbranched alkanes of at least 4 members (excludes halogenated alkanes) is 2. The van der Waals surface area contributed by atoms with E-state index in [1.807, 2.05) is 60.9 Å². The molecule has 9 heteroatoms. The molecule has 1 unspecified atom stereocenters. The number of aliphatic carboxylic acids is 1. The second-order valence-corrected chi connectivity index (χ2v) is 15.2. The van der Waals surface area contributed by atoms with Crippen LogP contribution in [-0.2, 0) is 27.6 Å². The van der Waals surface area contributed by atoms with Gasteiger partial charge < -0.3 is 15.0 Å². The SMILES string of the molecule is CCCCC1(CCCC)CN(c2ccccc2)c2cc(SC)c(CNC(Cc3cc4ccccc4[nH]3)C(=O)O)cc2S(=O)(=O)C1. The minimum atomic E-state index is -3.65. The molecular formula is C36H45N3O4S2. The van der Waals surface area contributed by atoms with E-state index in [0.717, 1.165) is 71.3 Å². The van der Waals surface area contributed by atoms with Gasteiger partial charge in [0.15, 0.2) is 9.84 Å². The van der Waals surface area contributed by atoms with Crippen LogP contribution in [0.5, 0.6) is 0 Å². The van der Waals surface area contributed by atoms with Crippen molar-refractivity contribution in [3.8, 4) is 0 Å². The largest absolute Gasteiger partial charge is 0.480 e. The summed E-state index contributed by atoms with van der Waals surface area (Å²) in [5.41, 5.74) is 3.91. The summed E-state index contributed by atoms with van der Waals surface area (Å²) in [4.78, 5) is 19.1. The predicted molar refractivity (Wildman–Crippen MR) is 185 cm³/mol. The number of benzene rings is 3. The summed E-state index contributed by atoms with van der Waals surface area (Å²) in [7, 11) is -3.65. The predicted octanol–water partition coefficient (Wildman–Crippen LogP) is 7.97. The molecule has 0 fully saturated rings. The van der Waals surface area contributed by atoms with Crippen LogP contribution < -0.4 is 10.2 Å². The van der Waals surface area contributed by atoms with Crippen LogP contribution in [0.2, 0.25) is 0 Å². The van der Waals surface area contributed by atoms with Gasteiger partial charge in [-0.15, -0.1) is 11.8 Å². The molecule has 0 radical (unpaired) electrons. The van der Waals surface area contributed by atoms with E-state index in [1.165, 1.54) is 0 Å². The standard InChI is InChI=1S/C36H45N3O4S2/c1-4-6-17-36(18-7-5-2)24-39(29-14-9-8-10-15-29)32-22-33(44-3)27(20-34(32)45(42,43)25-36)23-37-31(35(40)41)21-28-19-26-13-11-12-16-30(26)38-28/h8-16,19-20,22,31,37-38H,4-7,17-18,21,23-25H2,1-3H3,(H,40,41). The Kier molecular flexibility index (Phi) is 10.6. The van der Waals surface area contributed by atoms with E-state index < -0.39 is 21.8 Å². The Morgan fingerprint density at radius 1 is 1.02 bits per heavy atom. The zero-order chi connectivity index (χ0) is 32.0. The van der Waals surface area contributed by atoms with Crippen LogP contribution in [0.25, 0.3) is 10.9 Å². The topological polar surface area (TPSA) is 102 Å². The fourth-order valence-electron chi connectivity index (χ4n) is 6.64. The third-order valence-corrected chi connectivity index (χ3v) is 11.8. The van der Waals surface area contributed by atoms with Crippen molar-refractivity contribution in [2.45, 2.75) is 81.2 Å². The lowest BCUT2D eigenvalue weighted by molar-refractivity contribution is -0.139. The van der Waals surface area contributed by atoms with Crippen molar-refractivity contribution >= 4 is 49.8 Å². The Bertz CT molecular complexity index is 1680. The van der Waals surface area contributed by atoms with Gasteiger partial charge in [0.1, 0.15) is 6.04 Å². The summed E-state index contributed by atoms with van der Waals surface area (Å²) in [6.45, 7) is 5.20. The van der Waals surface area contributed by atoms with Gasteiger partial charge in [0.25, 0.3) is 0 Å². The molecule has 0 aliphatic carbocycles. The number of nitrogens with zero attached hydrogens (tertiary/aromatic N) is 1. The summed E-state index contributed by atoms with van der Waals surface area (Å²) < 4.78 is 28.8. The molecule has 1 aromatic heterocycles. The number of carboxylic acids is 1. The average Bonchev–Trinajstić information content (AvgIpc) is 3.42. The molecule has 45 heavy (non-hydrogen) atoms. The highest BCUT2D eigenvalue weighted by molar-refractivity contribution is 7.98. The van der Waals surface area contributed by atoms with E-state index in [4.69, 9.17) is 0 Å². The molecule has 5 rings (SSSR count). The van der Waals surface area contributed by atoms with Gasteiger partial charge in [-0.3, -0.25) is 10.1 Å². The molecule has 0 amide bonds. The van der Waals surface area contributed by atoms with Crippen molar-refractivity contribution in [2.24, 2.45) is 5.41 Å². The fourth-order valence-corrected chi connectivity index (χ4v) is 9.41. The van der Waals surface area contributed by atoms with Crippen LogP contribution in [0.3, 0.4) is 0 Å². The van der Waals surface area contributed by atoms with Gasteiger partial charge in [-0.05, 0) is 66.4 Å². The van der Waals surface area contributed by atoms with Gasteiger partial charge in [-0.2, -0.15) is 0 Å². The number of aromatic amines is 1. The highest BCUT2D eigenvalue weighted by Gasteiger charge is 2.42. The Morgan fingerprint density at radius 3 is 2.36 bits per heavy atom. The molecular weight excluding hydrogens is 603 g/mol. The first-order valence-corrected chi connectivity index (χ1v) is 18.9. The molecule has 4 aromatic rings. The number of hydrogen-bond acceptors (Lipinski definition) is 6. The third-order valence-electron chi connectivity index (χ3n) is 9.01. The first kappa shape index (κ1) is 33.1. The number of nitrogens with one attached hydrogen (secondary N) is 2. The van der Waals surface area contributed by atoms with Gasteiger partial charge in [-0.1, -0.05) is 75.9 Å². The van der Waals surface area contributed by atoms with Gasteiger partial charge >= 0.3 is 5.97 Å². The maximum Gasteiger partial charge on any atom is 0.321 e. The average molecular weight is 648 g/mol. The lowest BCUT2D eigenvalue weighted by atomic mass is 9.79. The minimum Gasteiger partial charge on any atom is -0.480 e. The fraction of sp³-hybridized carbons (Fsp3) is 0.417. The van der Waals surface area contributed by atoms with Gasteiger partial charge in [-0.25, -0.2) is 8.42 Å². The number of hydrogen-bond donors (Lipinski definition) is 3. The highest BCUT2D eigenvalue weighted by atomic mass is 32.2. The molecule has 1 aliphatic rings. The van der Waals surface area contributed by atoms with E-state index in [1.54, 1.807) is 17.8 Å². The number of thioether (sulfide) groups is 1. The summed E-state index contributed by atoms with van der Waals surface area (Å²) in [6.07, 6.45) is 7.97. The Morgan fingerprint density at radius 2 is 1.71 bits per heavy atom. The maximum atomic E-state index is 14.4. The van der Waals surface area contributed by atoms with Crippen molar-refractivity contribution in [1.82, 2.24) is 10.3 Å². The normalized spacial score (nSPS) is 16.3. The first-order valence-electron chi connectivity index (χ1n) is 16.0. The molecule has 7 nitrogen and oxygen atoms in total. The van der Waals surface area contributed by atoms with E-state index in [0.29, 0.717) is 17.1 Å². The number of para-hydroxylation sites is 2. The summed E-state index contributed by atoms with van der Waals surface area (Å²) in [5, 5.41) is 14.4. The number of fused-ring (bicyclic) bond motifs is 2. The number of sulfone groups is 1. The third kappa shape index (κ3) is 7.59. The second-order valence-electron chi connectivity index (χ2n) is 12.4. The maximum absolute atomic E-state index is 14.4. The summed E-state index contributed by atoms with van der Waals surface area (Å²) >= 11 is 1.55. The van der Waals surface area contributed by atoms with Crippen molar-refractivity contribution < 1.29 is 18.3 Å². The van der Waals surface area contributed by atoms with E-state index in [2.05, 4.69) is 41.2 Å². The summed E-state index contributed by atoms with van der Waals surface area (Å²) in [5.74, 6) is -0.839. The van der Waals surface area contributed by atoms with E-state index in [-0.39, 0.29) is 24.1 Å². The van der Waals surface area contributed by atoms with E-state index >= 15 is 0 Å². The monoisotopic (exact) mass is 647 g/mol. The molecule has 1 aliphatic heterocycles. The van der Waals surface area contributed by atoms with Crippen LogP contribution in [-0.4, -0.2) is 49.1 Å². The van der Waals surface area contributed by atoms with Crippen molar-refractivity contribution in [3.05, 3.63) is 84.1 Å². The number of aromatic nitrogens is 1. The molecule has 1 atom stereocenters. The highest BCUT2D eigenvalue weighted by Crippen LogP contribution is 2.46. The lowest BCUT2D eigenvalue weighted by Crippen LogP contribution is -2.38. The molecule has 0 saturated carbocycles. The first-order chi connectivity index (χ1) is 21.7. The molecule has 240 valence electrons. The Labute approximate surface area is 271 Å². The van der Waals surface area contributed by atoms with Crippen LogP contribution in [0.15, 0.2) is 82.6 Å². The second kappa shape index (κ2) is 14.4. The zero-order valence-electron chi connectivity index (χ0n) is 26.5. The molecule has 2 heterocycles. The molecule has 3 N–H and O–H groups in total. The minimum absolute atomic E-state index is 0.111. The molecule has 0 saturated heterocycles. The summed E-state index contributed by atoms with van der Waals surface area (Å²) in [6, 6.07) is 22.9. The van der Waals surface area contributed by atoms with Gasteiger partial charge in [0.05, 0.1) is 16.3 Å². The van der Waals surface area contributed by atoms with Crippen LogP contribution >= 0.6 is 11.8 Å². The smallest absolute Gasteiger partial charge is 0.321 e. The number of H-pyrrole nitrogens is 1. The van der Waals surface area contributed by atoms with E-state index in [9.17, 15) is 18.3 Å².